The minimum Gasteiger partial charge on any atom is -0.307 e. The second-order valence-electron chi connectivity index (χ2n) is 4.05. The Morgan fingerprint density at radius 2 is 2.38 bits per heavy atom. The molecular formula is C12H14N2S2. The van der Waals surface area contributed by atoms with Crippen molar-refractivity contribution in [3.05, 3.63) is 38.0 Å². The molecular weight excluding hydrogens is 236 g/mol. The Balaban J connectivity index is 1.95. The molecule has 0 saturated heterocycles. The summed E-state index contributed by atoms with van der Waals surface area (Å²) < 4.78 is 0. The summed E-state index contributed by atoms with van der Waals surface area (Å²) in [5.74, 6) is 0. The zero-order valence-corrected chi connectivity index (χ0v) is 10.8. The first-order valence-electron chi connectivity index (χ1n) is 5.56. The molecule has 0 amide bonds. The van der Waals surface area contributed by atoms with Crippen molar-refractivity contribution in [1.29, 1.82) is 0 Å². The maximum atomic E-state index is 4.78. The molecule has 0 aromatic carbocycles. The lowest BCUT2D eigenvalue weighted by Gasteiger charge is -2.11. The molecule has 4 heteroatoms. The van der Waals surface area contributed by atoms with E-state index in [1.54, 1.807) is 11.3 Å². The van der Waals surface area contributed by atoms with Gasteiger partial charge in [0.2, 0.25) is 0 Å². The number of hydrogen-bond donors (Lipinski definition) is 1. The van der Waals surface area contributed by atoms with Gasteiger partial charge >= 0.3 is 0 Å². The van der Waals surface area contributed by atoms with E-state index in [1.807, 2.05) is 18.4 Å². The fraction of sp³-hybridized carbons (Fsp3) is 0.417. The zero-order valence-electron chi connectivity index (χ0n) is 9.19. The molecule has 1 atom stereocenters. The van der Waals surface area contributed by atoms with Gasteiger partial charge in [-0.15, -0.1) is 11.3 Å². The van der Waals surface area contributed by atoms with Crippen molar-refractivity contribution in [2.75, 3.05) is 7.05 Å². The first-order valence-corrected chi connectivity index (χ1v) is 7.32. The van der Waals surface area contributed by atoms with E-state index in [2.05, 4.69) is 22.1 Å². The molecule has 0 saturated carbocycles. The van der Waals surface area contributed by atoms with Crippen LogP contribution in [0.1, 0.15) is 33.6 Å². The van der Waals surface area contributed by atoms with Gasteiger partial charge < -0.3 is 5.32 Å². The Morgan fingerprint density at radius 1 is 1.44 bits per heavy atom. The van der Waals surface area contributed by atoms with Crippen LogP contribution in [0.5, 0.6) is 0 Å². The summed E-state index contributed by atoms with van der Waals surface area (Å²) in [7, 11) is 2.01. The normalized spacial score (nSPS) is 16.3. The van der Waals surface area contributed by atoms with Crippen LogP contribution in [0, 0.1) is 0 Å². The molecule has 2 heterocycles. The van der Waals surface area contributed by atoms with E-state index < -0.39 is 0 Å². The third-order valence-electron chi connectivity index (χ3n) is 3.02. The summed E-state index contributed by atoms with van der Waals surface area (Å²) in [5.41, 5.74) is 2.68. The zero-order chi connectivity index (χ0) is 11.0. The molecule has 2 nitrogen and oxygen atoms in total. The van der Waals surface area contributed by atoms with E-state index in [1.165, 1.54) is 40.4 Å². The van der Waals surface area contributed by atoms with E-state index in [9.17, 15) is 0 Å². The van der Waals surface area contributed by atoms with Crippen molar-refractivity contribution >= 4 is 22.7 Å². The van der Waals surface area contributed by atoms with Gasteiger partial charge in [-0.05, 0) is 48.7 Å². The molecule has 0 fully saturated rings. The quantitative estimate of drug-likeness (QED) is 0.906. The molecule has 0 radical (unpaired) electrons. The van der Waals surface area contributed by atoms with Crippen LogP contribution in [-0.2, 0) is 12.8 Å². The van der Waals surface area contributed by atoms with Crippen LogP contribution in [0.25, 0.3) is 0 Å². The molecule has 1 unspecified atom stereocenters. The number of thiazole rings is 1. The smallest absolute Gasteiger partial charge is 0.115 e. The lowest BCUT2D eigenvalue weighted by atomic mass is 10.1. The highest BCUT2D eigenvalue weighted by Gasteiger charge is 2.22. The number of aryl methyl sites for hydroxylation is 2. The van der Waals surface area contributed by atoms with Gasteiger partial charge in [0.25, 0.3) is 0 Å². The minimum atomic E-state index is 0.279. The van der Waals surface area contributed by atoms with E-state index in [0.717, 1.165) is 0 Å². The van der Waals surface area contributed by atoms with Crippen LogP contribution >= 0.6 is 22.7 Å². The van der Waals surface area contributed by atoms with E-state index in [4.69, 9.17) is 4.98 Å². The van der Waals surface area contributed by atoms with E-state index in [-0.39, 0.29) is 6.04 Å². The molecule has 3 rings (SSSR count). The third kappa shape index (κ3) is 1.71. The van der Waals surface area contributed by atoms with E-state index >= 15 is 0 Å². The summed E-state index contributed by atoms with van der Waals surface area (Å²) in [6.45, 7) is 0. The predicted octanol–water partition coefficient (Wildman–Crippen LogP) is 3.00. The van der Waals surface area contributed by atoms with Gasteiger partial charge in [0.15, 0.2) is 0 Å². The van der Waals surface area contributed by atoms with Crippen molar-refractivity contribution in [3.8, 4) is 0 Å². The summed E-state index contributed by atoms with van der Waals surface area (Å²) >= 11 is 3.63. The summed E-state index contributed by atoms with van der Waals surface area (Å²) in [5, 5.41) is 8.92. The number of nitrogens with one attached hydrogen (secondary N) is 1. The topological polar surface area (TPSA) is 24.9 Å². The minimum absolute atomic E-state index is 0.279. The first-order chi connectivity index (χ1) is 7.88. The fourth-order valence-corrected chi connectivity index (χ4v) is 4.18. The number of aromatic nitrogens is 1. The molecule has 2 aromatic heterocycles. The molecule has 1 aliphatic carbocycles. The second kappa shape index (κ2) is 4.28. The Bertz CT molecular complexity index is 452. The number of fused-ring (bicyclic) bond motifs is 1. The highest BCUT2D eigenvalue weighted by Crippen LogP contribution is 2.33. The Kier molecular flexibility index (Phi) is 2.79. The average Bonchev–Trinajstić information content (AvgIpc) is 2.91. The lowest BCUT2D eigenvalue weighted by molar-refractivity contribution is 0.685. The van der Waals surface area contributed by atoms with Gasteiger partial charge in [0.1, 0.15) is 5.01 Å². The van der Waals surface area contributed by atoms with Crippen LogP contribution in [0.2, 0.25) is 0 Å². The van der Waals surface area contributed by atoms with Crippen LogP contribution < -0.4 is 5.32 Å². The molecule has 0 bridgehead atoms. The summed E-state index contributed by atoms with van der Waals surface area (Å²) in [6.07, 6.45) is 3.69. The molecule has 0 spiro atoms. The van der Waals surface area contributed by atoms with Crippen molar-refractivity contribution in [2.45, 2.75) is 25.3 Å². The van der Waals surface area contributed by atoms with Crippen LogP contribution in [0.3, 0.4) is 0 Å². The molecule has 16 heavy (non-hydrogen) atoms. The van der Waals surface area contributed by atoms with Crippen molar-refractivity contribution in [3.63, 3.8) is 0 Å². The lowest BCUT2D eigenvalue weighted by Crippen LogP contribution is -2.16. The van der Waals surface area contributed by atoms with Crippen LogP contribution in [0.4, 0.5) is 0 Å². The number of hydrogen-bond acceptors (Lipinski definition) is 4. The maximum Gasteiger partial charge on any atom is 0.115 e. The average molecular weight is 250 g/mol. The van der Waals surface area contributed by atoms with Crippen molar-refractivity contribution < 1.29 is 0 Å². The van der Waals surface area contributed by atoms with Gasteiger partial charge in [-0.25, -0.2) is 4.98 Å². The predicted molar refractivity (Wildman–Crippen MR) is 69.4 cm³/mol. The van der Waals surface area contributed by atoms with Gasteiger partial charge in [0, 0.05) is 4.88 Å². The fourth-order valence-electron chi connectivity index (χ4n) is 2.21. The standard InChI is InChI=1S/C12H14N2S2/c1-13-11(8-5-6-15-7-8)12-14-9-3-2-4-10(9)16-12/h5-7,11,13H,2-4H2,1H3. The van der Waals surface area contributed by atoms with Crippen LogP contribution in [0.15, 0.2) is 16.8 Å². The first kappa shape index (κ1) is 10.4. The number of nitrogens with zero attached hydrogens (tertiary/aromatic N) is 1. The van der Waals surface area contributed by atoms with Crippen molar-refractivity contribution in [1.82, 2.24) is 10.3 Å². The SMILES string of the molecule is CNC(c1ccsc1)c1nc2c(s1)CCC2. The highest BCUT2D eigenvalue weighted by molar-refractivity contribution is 7.12. The van der Waals surface area contributed by atoms with Gasteiger partial charge in [-0.2, -0.15) is 11.3 Å². The highest BCUT2D eigenvalue weighted by atomic mass is 32.1. The van der Waals surface area contributed by atoms with Gasteiger partial charge in [-0.3, -0.25) is 0 Å². The van der Waals surface area contributed by atoms with Crippen LogP contribution in [-0.4, -0.2) is 12.0 Å². The largest absolute Gasteiger partial charge is 0.307 e. The van der Waals surface area contributed by atoms with Crippen molar-refractivity contribution in [2.24, 2.45) is 0 Å². The Morgan fingerprint density at radius 3 is 3.06 bits per heavy atom. The summed E-state index contributed by atoms with van der Waals surface area (Å²) in [4.78, 5) is 6.28. The molecule has 2 aromatic rings. The molecule has 84 valence electrons. The molecule has 1 N–H and O–H groups in total. The van der Waals surface area contributed by atoms with Gasteiger partial charge in [-0.1, -0.05) is 0 Å². The second-order valence-corrected chi connectivity index (χ2v) is 5.95. The molecule has 0 aliphatic heterocycles. The summed E-state index contributed by atoms with van der Waals surface area (Å²) in [6, 6.07) is 2.46. The maximum absolute atomic E-state index is 4.78. The van der Waals surface area contributed by atoms with Gasteiger partial charge in [0.05, 0.1) is 11.7 Å². The third-order valence-corrected chi connectivity index (χ3v) is 4.95. The van der Waals surface area contributed by atoms with E-state index in [0.29, 0.717) is 0 Å². The Hall–Kier alpha value is -0.710. The monoisotopic (exact) mass is 250 g/mol. The molecule has 1 aliphatic rings. The number of rotatable bonds is 3. The Labute approximate surface area is 103 Å². The number of thiophene rings is 1.